The molecule has 3 aromatic rings. The van der Waals surface area contributed by atoms with Gasteiger partial charge in [0.1, 0.15) is 5.69 Å². The fourth-order valence-electron chi connectivity index (χ4n) is 2.96. The van der Waals surface area contributed by atoms with Crippen LogP contribution in [0.4, 0.5) is 0 Å². The summed E-state index contributed by atoms with van der Waals surface area (Å²) in [7, 11) is 0. The molecule has 3 aromatic heterocycles. The van der Waals surface area contributed by atoms with Crippen molar-refractivity contribution in [3.8, 4) is 0 Å². The summed E-state index contributed by atoms with van der Waals surface area (Å²) in [6.45, 7) is 0.761. The van der Waals surface area contributed by atoms with E-state index in [9.17, 15) is 4.79 Å². The predicted octanol–water partition coefficient (Wildman–Crippen LogP) is 3.42. The van der Waals surface area contributed by atoms with Gasteiger partial charge < -0.3 is 4.90 Å². The molecule has 4 heterocycles. The maximum Gasteiger partial charge on any atom is 0.273 e. The molecular formula is C15H13ClN4OS. The van der Waals surface area contributed by atoms with Crippen LogP contribution in [-0.4, -0.2) is 31.7 Å². The third-order valence-corrected chi connectivity index (χ3v) is 5.30. The summed E-state index contributed by atoms with van der Waals surface area (Å²) in [6, 6.07) is 4.02. The number of likely N-dealkylation sites (tertiary alicyclic amines) is 1. The monoisotopic (exact) mass is 332 g/mol. The maximum absolute atomic E-state index is 12.9. The second-order valence-corrected chi connectivity index (χ2v) is 6.99. The van der Waals surface area contributed by atoms with Gasteiger partial charge in [0.25, 0.3) is 5.91 Å². The molecular weight excluding hydrogens is 320 g/mol. The summed E-state index contributed by atoms with van der Waals surface area (Å²) in [5.41, 5.74) is 1.26. The summed E-state index contributed by atoms with van der Waals surface area (Å²) < 4.78 is 2.54. The highest BCUT2D eigenvalue weighted by Crippen LogP contribution is 2.38. The molecule has 4 rings (SSSR count). The van der Waals surface area contributed by atoms with E-state index in [0.717, 1.165) is 28.6 Å². The molecule has 1 atom stereocenters. The van der Waals surface area contributed by atoms with Crippen LogP contribution in [0.5, 0.6) is 0 Å². The lowest BCUT2D eigenvalue weighted by molar-refractivity contribution is 0.0731. The topological polar surface area (TPSA) is 50.5 Å². The molecule has 1 aliphatic rings. The third kappa shape index (κ3) is 2.19. The molecule has 1 amide bonds. The Labute approximate surface area is 136 Å². The van der Waals surface area contributed by atoms with Crippen molar-refractivity contribution in [1.29, 1.82) is 0 Å². The Balaban J connectivity index is 1.69. The van der Waals surface area contributed by atoms with Crippen molar-refractivity contribution in [2.24, 2.45) is 0 Å². The first-order valence-corrected chi connectivity index (χ1v) is 8.27. The van der Waals surface area contributed by atoms with Crippen LogP contribution in [-0.2, 0) is 0 Å². The van der Waals surface area contributed by atoms with E-state index in [0.29, 0.717) is 11.3 Å². The fourth-order valence-corrected chi connectivity index (χ4v) is 4.17. The van der Waals surface area contributed by atoms with Gasteiger partial charge in [-0.3, -0.25) is 14.2 Å². The number of hydrogen-bond donors (Lipinski definition) is 0. The highest BCUT2D eigenvalue weighted by Gasteiger charge is 2.32. The first kappa shape index (κ1) is 13.7. The number of thiophene rings is 1. The molecule has 0 saturated carbocycles. The first-order chi connectivity index (χ1) is 10.7. The average molecular weight is 333 g/mol. The quantitative estimate of drug-likeness (QED) is 0.722. The molecule has 7 heteroatoms. The van der Waals surface area contributed by atoms with Crippen LogP contribution in [0, 0.1) is 0 Å². The maximum atomic E-state index is 12.9. The van der Waals surface area contributed by atoms with Crippen molar-refractivity contribution in [2.75, 3.05) is 6.54 Å². The van der Waals surface area contributed by atoms with Gasteiger partial charge in [-0.25, -0.2) is 4.98 Å². The summed E-state index contributed by atoms with van der Waals surface area (Å²) in [6.07, 6.45) is 8.67. The second-order valence-electron chi connectivity index (χ2n) is 5.25. The lowest BCUT2D eigenvalue weighted by atomic mass is 10.2. The fraction of sp³-hybridized carbons (Fsp3) is 0.267. The van der Waals surface area contributed by atoms with Gasteiger partial charge in [-0.05, 0) is 25.0 Å². The minimum Gasteiger partial charge on any atom is -0.329 e. The van der Waals surface area contributed by atoms with Crippen LogP contribution >= 0.6 is 22.9 Å². The number of carbonyl (C=O) groups excluding carboxylic acids is 1. The van der Waals surface area contributed by atoms with E-state index in [4.69, 9.17) is 11.6 Å². The Morgan fingerprint density at radius 2 is 2.27 bits per heavy atom. The Hall–Kier alpha value is -1.92. The van der Waals surface area contributed by atoms with E-state index in [-0.39, 0.29) is 11.9 Å². The third-order valence-electron chi connectivity index (χ3n) is 3.97. The summed E-state index contributed by atoms with van der Waals surface area (Å²) in [5.74, 6) is 0.00530. The molecule has 0 radical (unpaired) electrons. The van der Waals surface area contributed by atoms with E-state index in [2.05, 4.69) is 9.97 Å². The Bertz CT molecular complexity index is 843. The smallest absolute Gasteiger partial charge is 0.273 e. The molecule has 5 nitrogen and oxygen atoms in total. The summed E-state index contributed by atoms with van der Waals surface area (Å²) >= 11 is 7.58. The molecule has 1 fully saturated rings. The zero-order chi connectivity index (χ0) is 15.1. The standard InChI is InChI=1S/C15H13ClN4OS/c16-13-4-3-12(22-13)10-2-1-6-20(10)15(21)11-8-18-14-9-17-5-7-19(11)14/h3-5,7-10H,1-2,6H2. The lowest BCUT2D eigenvalue weighted by Gasteiger charge is -2.23. The number of halogens is 1. The van der Waals surface area contributed by atoms with E-state index >= 15 is 0 Å². The van der Waals surface area contributed by atoms with Crippen molar-refractivity contribution >= 4 is 34.5 Å². The number of amides is 1. The van der Waals surface area contributed by atoms with E-state index in [1.54, 1.807) is 40.5 Å². The van der Waals surface area contributed by atoms with Gasteiger partial charge in [-0.1, -0.05) is 11.6 Å². The number of carbonyl (C=O) groups is 1. The second kappa shape index (κ2) is 5.37. The highest BCUT2D eigenvalue weighted by molar-refractivity contribution is 7.16. The number of rotatable bonds is 2. The number of imidazole rings is 1. The van der Waals surface area contributed by atoms with Crippen LogP contribution in [0.1, 0.15) is 34.2 Å². The van der Waals surface area contributed by atoms with Gasteiger partial charge in [-0.15, -0.1) is 11.3 Å². The zero-order valence-corrected chi connectivity index (χ0v) is 13.2. The molecule has 112 valence electrons. The number of hydrogen-bond acceptors (Lipinski definition) is 4. The molecule has 22 heavy (non-hydrogen) atoms. The molecule has 0 spiro atoms. The van der Waals surface area contributed by atoms with Crippen LogP contribution in [0.25, 0.3) is 5.65 Å². The molecule has 0 aliphatic carbocycles. The highest BCUT2D eigenvalue weighted by atomic mass is 35.5. The molecule has 1 aliphatic heterocycles. The zero-order valence-electron chi connectivity index (χ0n) is 11.6. The van der Waals surface area contributed by atoms with Crippen molar-refractivity contribution in [2.45, 2.75) is 18.9 Å². The Morgan fingerprint density at radius 1 is 1.36 bits per heavy atom. The summed E-state index contributed by atoms with van der Waals surface area (Å²) in [5, 5.41) is 0. The van der Waals surface area contributed by atoms with Gasteiger partial charge >= 0.3 is 0 Å². The van der Waals surface area contributed by atoms with Gasteiger partial charge in [0, 0.05) is 23.8 Å². The normalized spacial score (nSPS) is 18.2. The van der Waals surface area contributed by atoms with Gasteiger partial charge in [-0.2, -0.15) is 0 Å². The predicted molar refractivity (Wildman–Crippen MR) is 85.3 cm³/mol. The SMILES string of the molecule is O=C(c1cnc2cnccn12)N1CCCC1c1ccc(Cl)s1. The largest absolute Gasteiger partial charge is 0.329 e. The lowest BCUT2D eigenvalue weighted by Crippen LogP contribution is -2.31. The minimum atomic E-state index is 0.00530. The number of aromatic nitrogens is 3. The molecule has 0 N–H and O–H groups in total. The van der Waals surface area contributed by atoms with E-state index in [1.807, 2.05) is 17.0 Å². The summed E-state index contributed by atoms with van der Waals surface area (Å²) in [4.78, 5) is 24.3. The van der Waals surface area contributed by atoms with Crippen molar-refractivity contribution in [3.05, 3.63) is 51.8 Å². The van der Waals surface area contributed by atoms with E-state index < -0.39 is 0 Å². The number of nitrogens with zero attached hydrogens (tertiary/aromatic N) is 4. The van der Waals surface area contributed by atoms with Crippen LogP contribution < -0.4 is 0 Å². The minimum absolute atomic E-state index is 0.00530. The number of fused-ring (bicyclic) bond motifs is 1. The average Bonchev–Trinajstić information content (AvgIpc) is 3.25. The molecule has 1 unspecified atom stereocenters. The first-order valence-electron chi connectivity index (χ1n) is 7.07. The van der Waals surface area contributed by atoms with Gasteiger partial charge in [0.15, 0.2) is 5.65 Å². The van der Waals surface area contributed by atoms with Crippen molar-refractivity contribution < 1.29 is 4.79 Å². The van der Waals surface area contributed by atoms with Gasteiger partial charge in [0.2, 0.25) is 0 Å². The van der Waals surface area contributed by atoms with Crippen molar-refractivity contribution in [1.82, 2.24) is 19.3 Å². The molecule has 1 saturated heterocycles. The molecule has 0 aromatic carbocycles. The van der Waals surface area contributed by atoms with Crippen LogP contribution in [0.3, 0.4) is 0 Å². The Morgan fingerprint density at radius 3 is 3.09 bits per heavy atom. The van der Waals surface area contributed by atoms with Gasteiger partial charge in [0.05, 0.1) is 22.8 Å². The van der Waals surface area contributed by atoms with Crippen molar-refractivity contribution in [3.63, 3.8) is 0 Å². The Kier molecular flexibility index (Phi) is 3.35. The van der Waals surface area contributed by atoms with Crippen LogP contribution in [0.2, 0.25) is 4.34 Å². The van der Waals surface area contributed by atoms with E-state index in [1.165, 1.54) is 0 Å². The molecule has 0 bridgehead atoms. The van der Waals surface area contributed by atoms with Crippen LogP contribution in [0.15, 0.2) is 36.9 Å².